The highest BCUT2D eigenvalue weighted by Crippen LogP contribution is 2.38. The second-order valence-corrected chi connectivity index (χ2v) is 6.90. The minimum Gasteiger partial charge on any atom is -0.438 e. The molecule has 1 saturated heterocycles. The number of halogens is 2. The molecule has 3 rings (SSSR count). The van der Waals surface area contributed by atoms with Crippen molar-refractivity contribution in [1.29, 1.82) is 0 Å². The van der Waals surface area contributed by atoms with Crippen LogP contribution in [0.2, 0.25) is 10.0 Å². The monoisotopic (exact) mass is 417 g/mol. The van der Waals surface area contributed by atoms with E-state index in [2.05, 4.69) is 4.74 Å². The number of methoxy groups -OCH3 is 1. The van der Waals surface area contributed by atoms with Crippen molar-refractivity contribution in [3.05, 3.63) is 33.4 Å². The fourth-order valence-electron chi connectivity index (χ4n) is 3.22. The molecule has 2 N–H and O–H groups in total. The zero-order chi connectivity index (χ0) is 19.9. The number of rotatable bonds is 4. The summed E-state index contributed by atoms with van der Waals surface area (Å²) in [6, 6.07) is 3.11. The Labute approximate surface area is 164 Å². The van der Waals surface area contributed by atoms with Crippen LogP contribution < -0.4 is 0 Å². The van der Waals surface area contributed by atoms with Gasteiger partial charge in [0.05, 0.1) is 22.7 Å². The van der Waals surface area contributed by atoms with Crippen LogP contribution in [0.4, 0.5) is 4.79 Å². The van der Waals surface area contributed by atoms with Gasteiger partial charge in [-0.15, -0.1) is 0 Å². The summed E-state index contributed by atoms with van der Waals surface area (Å²) < 4.78 is 16.5. The molecule has 1 aliphatic heterocycles. The Hall–Kier alpha value is -1.84. The van der Waals surface area contributed by atoms with Gasteiger partial charge in [-0.05, 0) is 19.1 Å². The highest BCUT2D eigenvalue weighted by Gasteiger charge is 2.45. The molecule has 10 heteroatoms. The third-order valence-corrected chi connectivity index (χ3v) is 5.30. The van der Waals surface area contributed by atoms with Crippen LogP contribution in [0.5, 0.6) is 0 Å². The molecule has 0 aliphatic carbocycles. The smallest absolute Gasteiger partial charge is 0.438 e. The fourth-order valence-corrected chi connectivity index (χ4v) is 3.54. The van der Waals surface area contributed by atoms with Crippen LogP contribution in [0.25, 0.3) is 10.9 Å². The number of hydrogen-bond donors (Lipinski definition) is 2. The van der Waals surface area contributed by atoms with Crippen molar-refractivity contribution < 1.29 is 34.0 Å². The maximum atomic E-state index is 11.6. The number of benzene rings is 1. The van der Waals surface area contributed by atoms with Gasteiger partial charge in [-0.2, -0.15) is 0 Å². The number of nitrogens with zero attached hydrogens (tertiary/aromatic N) is 1. The molecule has 2 aromatic rings. The van der Waals surface area contributed by atoms with E-state index in [1.165, 1.54) is 0 Å². The van der Waals surface area contributed by atoms with Crippen LogP contribution in [-0.2, 0) is 14.2 Å². The SMILES string of the molecule is COC(=O)OCC1OC(n2c(C)c(C=O)c3cc(Cl)c(Cl)cc32)C(O)C1O. The lowest BCUT2D eigenvalue weighted by molar-refractivity contribution is -0.0597. The van der Waals surface area contributed by atoms with Crippen LogP contribution in [0.3, 0.4) is 0 Å². The Morgan fingerprint density at radius 2 is 1.96 bits per heavy atom. The zero-order valence-corrected chi connectivity index (χ0v) is 15.9. The molecular formula is C17H17Cl2NO7. The van der Waals surface area contributed by atoms with Gasteiger partial charge in [-0.3, -0.25) is 4.79 Å². The molecule has 27 heavy (non-hydrogen) atoms. The molecule has 1 aromatic heterocycles. The van der Waals surface area contributed by atoms with E-state index in [1.54, 1.807) is 23.6 Å². The molecule has 1 aliphatic rings. The fraction of sp³-hybridized carbons (Fsp3) is 0.412. The van der Waals surface area contributed by atoms with Gasteiger partial charge in [0.1, 0.15) is 24.9 Å². The molecule has 0 saturated carbocycles. The van der Waals surface area contributed by atoms with Crippen molar-refractivity contribution in [3.63, 3.8) is 0 Å². The number of aldehydes is 1. The van der Waals surface area contributed by atoms with Crippen molar-refractivity contribution >= 4 is 46.5 Å². The van der Waals surface area contributed by atoms with Crippen LogP contribution in [-0.4, -0.2) is 59.3 Å². The van der Waals surface area contributed by atoms with Crippen molar-refractivity contribution in [2.24, 2.45) is 0 Å². The molecule has 146 valence electrons. The lowest BCUT2D eigenvalue weighted by atomic mass is 10.1. The summed E-state index contributed by atoms with van der Waals surface area (Å²) in [6.07, 6.45) is -4.92. The van der Waals surface area contributed by atoms with E-state index in [4.69, 9.17) is 32.7 Å². The molecule has 1 fully saturated rings. The van der Waals surface area contributed by atoms with Gasteiger partial charge in [0.15, 0.2) is 12.5 Å². The third kappa shape index (κ3) is 3.39. The average molecular weight is 418 g/mol. The van der Waals surface area contributed by atoms with Crippen molar-refractivity contribution in [2.45, 2.75) is 31.5 Å². The first kappa shape index (κ1) is 19.9. The first-order chi connectivity index (χ1) is 12.8. The van der Waals surface area contributed by atoms with E-state index < -0.39 is 30.7 Å². The van der Waals surface area contributed by atoms with Gasteiger partial charge >= 0.3 is 6.16 Å². The van der Waals surface area contributed by atoms with Crippen molar-refractivity contribution in [3.8, 4) is 0 Å². The first-order valence-electron chi connectivity index (χ1n) is 7.97. The number of aromatic nitrogens is 1. The number of carbonyl (C=O) groups excluding carboxylic acids is 2. The molecule has 1 aromatic carbocycles. The van der Waals surface area contributed by atoms with Gasteiger partial charge in [0.2, 0.25) is 0 Å². The first-order valence-corrected chi connectivity index (χ1v) is 8.72. The summed E-state index contributed by atoms with van der Waals surface area (Å²) >= 11 is 12.2. The molecule has 4 atom stereocenters. The van der Waals surface area contributed by atoms with E-state index in [9.17, 15) is 19.8 Å². The molecule has 0 amide bonds. The normalized spacial score (nSPS) is 25.0. The standard InChI is InChI=1S/C17H17Cl2NO7/c1-7-9(5-21)8-3-10(18)11(19)4-12(8)20(7)16-15(23)14(22)13(27-16)6-26-17(24)25-2/h3-5,13-16,22-23H,6H2,1-2H3. The molecule has 2 heterocycles. The molecule has 8 nitrogen and oxygen atoms in total. The highest BCUT2D eigenvalue weighted by atomic mass is 35.5. The predicted octanol–water partition coefficient (Wildman–Crippen LogP) is 2.47. The molecular weight excluding hydrogens is 401 g/mol. The van der Waals surface area contributed by atoms with E-state index in [0.29, 0.717) is 28.4 Å². The van der Waals surface area contributed by atoms with Crippen LogP contribution in [0, 0.1) is 6.92 Å². The summed E-state index contributed by atoms with van der Waals surface area (Å²) in [7, 11) is 1.15. The average Bonchev–Trinajstić information content (AvgIpc) is 3.06. The summed E-state index contributed by atoms with van der Waals surface area (Å²) in [5, 5.41) is 21.8. The third-order valence-electron chi connectivity index (χ3n) is 4.58. The highest BCUT2D eigenvalue weighted by molar-refractivity contribution is 6.42. The number of hydrogen-bond acceptors (Lipinski definition) is 7. The topological polar surface area (TPSA) is 107 Å². The summed E-state index contributed by atoms with van der Waals surface area (Å²) in [4.78, 5) is 22.7. The second-order valence-electron chi connectivity index (χ2n) is 6.08. The Kier molecular flexibility index (Phi) is 5.64. The molecule has 0 spiro atoms. The Morgan fingerprint density at radius 1 is 1.30 bits per heavy atom. The maximum absolute atomic E-state index is 11.6. The van der Waals surface area contributed by atoms with E-state index in [-0.39, 0.29) is 16.7 Å². The lowest BCUT2D eigenvalue weighted by Crippen LogP contribution is -2.34. The van der Waals surface area contributed by atoms with E-state index in [1.807, 2.05) is 0 Å². The second kappa shape index (κ2) is 7.65. The predicted molar refractivity (Wildman–Crippen MR) is 96.4 cm³/mol. The van der Waals surface area contributed by atoms with Crippen molar-refractivity contribution in [1.82, 2.24) is 4.57 Å². The van der Waals surface area contributed by atoms with E-state index >= 15 is 0 Å². The number of aliphatic hydroxyl groups excluding tert-OH is 2. The van der Waals surface area contributed by atoms with Crippen LogP contribution in [0.15, 0.2) is 12.1 Å². The minimum atomic E-state index is -1.33. The van der Waals surface area contributed by atoms with Gasteiger partial charge in [-0.1, -0.05) is 23.2 Å². The Bertz CT molecular complexity index is 897. The number of fused-ring (bicyclic) bond motifs is 1. The van der Waals surface area contributed by atoms with Crippen LogP contribution in [0.1, 0.15) is 22.3 Å². The number of carbonyl (C=O) groups is 2. The Balaban J connectivity index is 2.02. The summed E-state index contributed by atoms with van der Waals surface area (Å²) in [6.45, 7) is 1.36. The summed E-state index contributed by atoms with van der Waals surface area (Å²) in [5.74, 6) is 0. The quantitative estimate of drug-likeness (QED) is 0.580. The Morgan fingerprint density at radius 3 is 2.59 bits per heavy atom. The summed E-state index contributed by atoms with van der Waals surface area (Å²) in [5.41, 5.74) is 1.38. The van der Waals surface area contributed by atoms with Gasteiger partial charge in [-0.25, -0.2) is 4.79 Å². The van der Waals surface area contributed by atoms with Crippen molar-refractivity contribution in [2.75, 3.05) is 13.7 Å². The zero-order valence-electron chi connectivity index (χ0n) is 14.4. The van der Waals surface area contributed by atoms with Gasteiger partial charge in [0, 0.05) is 16.6 Å². The minimum absolute atomic E-state index is 0.263. The number of ether oxygens (including phenoxy) is 3. The maximum Gasteiger partial charge on any atom is 0.508 e. The lowest BCUT2D eigenvalue weighted by Gasteiger charge is -2.20. The van der Waals surface area contributed by atoms with Gasteiger partial charge in [0.25, 0.3) is 0 Å². The number of aliphatic hydroxyl groups is 2. The van der Waals surface area contributed by atoms with E-state index in [0.717, 1.165) is 7.11 Å². The van der Waals surface area contributed by atoms with Crippen LogP contribution >= 0.6 is 23.2 Å². The molecule has 0 bridgehead atoms. The van der Waals surface area contributed by atoms with Gasteiger partial charge < -0.3 is 29.0 Å². The molecule has 0 radical (unpaired) electrons. The largest absolute Gasteiger partial charge is 0.508 e. The molecule has 4 unspecified atom stereocenters.